The maximum atomic E-state index is 13.0. The summed E-state index contributed by atoms with van der Waals surface area (Å²) in [6.07, 6.45) is 2.36. The number of rotatable bonds is 3. The Morgan fingerprint density at radius 1 is 1.12 bits per heavy atom. The van der Waals surface area contributed by atoms with Crippen LogP contribution in [-0.4, -0.2) is 33.6 Å². The Morgan fingerprint density at radius 3 is 2.68 bits per heavy atom. The smallest absolute Gasteiger partial charge is 0.253 e. The van der Waals surface area contributed by atoms with Crippen molar-refractivity contribution in [2.45, 2.75) is 25.4 Å². The minimum atomic E-state index is -0.389. The largest absolute Gasteiger partial charge is 0.368 e. The minimum Gasteiger partial charge on any atom is -0.368 e. The topological polar surface area (TPSA) is 69.0 Å². The molecule has 1 fully saturated rings. The predicted octanol–water partition coefficient (Wildman–Crippen LogP) is 3.07. The van der Waals surface area contributed by atoms with Crippen LogP contribution in [0.3, 0.4) is 0 Å². The van der Waals surface area contributed by atoms with Crippen LogP contribution in [0.5, 0.6) is 0 Å². The van der Waals surface area contributed by atoms with Gasteiger partial charge in [0, 0.05) is 12.3 Å². The summed E-state index contributed by atoms with van der Waals surface area (Å²) in [4.78, 5) is 13.7. The van der Waals surface area contributed by atoms with Gasteiger partial charge in [0.15, 0.2) is 0 Å². The van der Waals surface area contributed by atoms with Gasteiger partial charge in [-0.15, -0.1) is 10.2 Å². The molecule has 0 radical (unpaired) electrons. The predicted molar refractivity (Wildman–Crippen MR) is 91.0 cm³/mol. The third-order valence-corrected chi connectivity index (χ3v) is 4.18. The number of halogens is 1. The lowest BCUT2D eigenvalue weighted by molar-refractivity contribution is -0.129. The highest BCUT2D eigenvalue weighted by Gasteiger charge is 2.22. The number of aromatic nitrogens is 3. The number of fused-ring (bicyclic) bond motifs is 1. The first-order valence-electron chi connectivity index (χ1n) is 8.24. The van der Waals surface area contributed by atoms with Crippen LogP contribution in [0, 0.1) is 5.82 Å². The molecule has 0 saturated carbocycles. The van der Waals surface area contributed by atoms with Gasteiger partial charge >= 0.3 is 0 Å². The van der Waals surface area contributed by atoms with Gasteiger partial charge in [-0.05, 0) is 61.7 Å². The van der Waals surface area contributed by atoms with Crippen LogP contribution in [-0.2, 0) is 9.53 Å². The van der Waals surface area contributed by atoms with Gasteiger partial charge in [-0.3, -0.25) is 4.79 Å². The summed E-state index contributed by atoms with van der Waals surface area (Å²) in [6.45, 7) is 0.628. The zero-order chi connectivity index (χ0) is 17.2. The Labute approximate surface area is 143 Å². The molecule has 2 aromatic carbocycles. The molecule has 1 unspecified atom stereocenters. The van der Waals surface area contributed by atoms with Crippen LogP contribution in [0.15, 0.2) is 42.5 Å². The van der Waals surface area contributed by atoms with Crippen molar-refractivity contribution >= 4 is 22.6 Å². The maximum absolute atomic E-state index is 13.0. The van der Waals surface area contributed by atoms with Crippen molar-refractivity contribution in [2.75, 3.05) is 11.9 Å². The highest BCUT2D eigenvalue weighted by molar-refractivity contribution is 5.95. The Balaban J connectivity index is 1.55. The molecule has 0 bridgehead atoms. The number of nitrogens with one attached hydrogen (secondary N) is 1. The van der Waals surface area contributed by atoms with E-state index in [0.717, 1.165) is 19.3 Å². The molecule has 7 heteroatoms. The van der Waals surface area contributed by atoms with Gasteiger partial charge < -0.3 is 10.1 Å². The molecule has 0 spiro atoms. The monoisotopic (exact) mass is 340 g/mol. The fourth-order valence-corrected chi connectivity index (χ4v) is 2.85. The lowest BCUT2D eigenvalue weighted by Gasteiger charge is -2.21. The van der Waals surface area contributed by atoms with E-state index in [9.17, 15) is 9.18 Å². The Kier molecular flexibility index (Phi) is 4.15. The van der Waals surface area contributed by atoms with Crippen molar-refractivity contribution in [3.05, 3.63) is 48.3 Å². The SMILES string of the molecule is O=C(Nc1ccc2nn(-c3ccc(F)cc3)nc2c1)C1CCCCO1. The number of hydrogen-bond acceptors (Lipinski definition) is 4. The number of carbonyl (C=O) groups is 1. The van der Waals surface area contributed by atoms with Crippen LogP contribution >= 0.6 is 0 Å². The summed E-state index contributed by atoms with van der Waals surface area (Å²) < 4.78 is 18.5. The summed E-state index contributed by atoms with van der Waals surface area (Å²) >= 11 is 0. The van der Waals surface area contributed by atoms with E-state index in [1.807, 2.05) is 0 Å². The molecule has 1 atom stereocenters. The van der Waals surface area contributed by atoms with Crippen molar-refractivity contribution in [3.63, 3.8) is 0 Å². The third-order valence-electron chi connectivity index (χ3n) is 4.18. The van der Waals surface area contributed by atoms with Gasteiger partial charge in [-0.1, -0.05) is 0 Å². The van der Waals surface area contributed by atoms with Crippen molar-refractivity contribution in [3.8, 4) is 5.69 Å². The van der Waals surface area contributed by atoms with E-state index >= 15 is 0 Å². The molecule has 1 aromatic heterocycles. The van der Waals surface area contributed by atoms with Gasteiger partial charge in [-0.25, -0.2) is 4.39 Å². The summed E-state index contributed by atoms with van der Waals surface area (Å²) in [5, 5.41) is 11.6. The second-order valence-corrected chi connectivity index (χ2v) is 6.01. The summed E-state index contributed by atoms with van der Waals surface area (Å²) in [6, 6.07) is 11.3. The summed E-state index contributed by atoms with van der Waals surface area (Å²) in [5.41, 5.74) is 2.65. The lowest BCUT2D eigenvalue weighted by Crippen LogP contribution is -2.33. The molecule has 1 saturated heterocycles. The molecular formula is C18H17FN4O2. The van der Waals surface area contributed by atoms with Crippen molar-refractivity contribution in [2.24, 2.45) is 0 Å². The number of amides is 1. The van der Waals surface area contributed by atoms with Crippen LogP contribution in [0.1, 0.15) is 19.3 Å². The van der Waals surface area contributed by atoms with Crippen LogP contribution < -0.4 is 5.32 Å². The number of hydrogen-bond donors (Lipinski definition) is 1. The highest BCUT2D eigenvalue weighted by atomic mass is 19.1. The molecule has 1 N–H and O–H groups in total. The van der Waals surface area contributed by atoms with Crippen molar-refractivity contribution < 1.29 is 13.9 Å². The molecule has 2 heterocycles. The number of benzene rings is 2. The average Bonchev–Trinajstić information content (AvgIpc) is 3.06. The Hall–Kier alpha value is -2.80. The normalized spacial score (nSPS) is 17.6. The van der Waals surface area contributed by atoms with Gasteiger partial charge in [0.1, 0.15) is 23.0 Å². The maximum Gasteiger partial charge on any atom is 0.253 e. The van der Waals surface area contributed by atoms with Crippen LogP contribution in [0.4, 0.5) is 10.1 Å². The Bertz CT molecular complexity index is 901. The lowest BCUT2D eigenvalue weighted by atomic mass is 10.1. The number of carbonyl (C=O) groups excluding carboxylic acids is 1. The second-order valence-electron chi connectivity index (χ2n) is 6.01. The average molecular weight is 340 g/mol. The molecule has 0 aliphatic carbocycles. The molecule has 1 aliphatic heterocycles. The summed E-state index contributed by atoms with van der Waals surface area (Å²) in [5.74, 6) is -0.444. The van der Waals surface area contributed by atoms with E-state index in [4.69, 9.17) is 4.74 Å². The molecule has 128 valence electrons. The quantitative estimate of drug-likeness (QED) is 0.795. The zero-order valence-corrected chi connectivity index (χ0v) is 13.5. The highest BCUT2D eigenvalue weighted by Crippen LogP contribution is 2.19. The van der Waals surface area contributed by atoms with Gasteiger partial charge in [0.2, 0.25) is 0 Å². The van der Waals surface area contributed by atoms with Crippen LogP contribution in [0.2, 0.25) is 0 Å². The molecule has 25 heavy (non-hydrogen) atoms. The first-order valence-corrected chi connectivity index (χ1v) is 8.24. The van der Waals surface area contributed by atoms with Gasteiger partial charge in [0.05, 0.1) is 5.69 Å². The number of ether oxygens (including phenoxy) is 1. The molecular weight excluding hydrogens is 323 g/mol. The third kappa shape index (κ3) is 3.36. The molecule has 1 aliphatic rings. The van der Waals surface area contributed by atoms with Crippen molar-refractivity contribution in [1.82, 2.24) is 15.0 Å². The fourth-order valence-electron chi connectivity index (χ4n) is 2.85. The van der Waals surface area contributed by atoms with Gasteiger partial charge in [0.25, 0.3) is 5.91 Å². The first kappa shape index (κ1) is 15.7. The zero-order valence-electron chi connectivity index (χ0n) is 13.5. The Morgan fingerprint density at radius 2 is 1.92 bits per heavy atom. The minimum absolute atomic E-state index is 0.134. The van der Waals surface area contributed by atoms with Gasteiger partial charge in [-0.2, -0.15) is 4.80 Å². The molecule has 6 nitrogen and oxygen atoms in total. The first-order chi connectivity index (χ1) is 12.2. The fraction of sp³-hybridized carbons (Fsp3) is 0.278. The molecule has 1 amide bonds. The van der Waals surface area contributed by atoms with Crippen molar-refractivity contribution in [1.29, 1.82) is 0 Å². The standard InChI is InChI=1S/C18H17FN4O2/c19-12-4-7-14(8-5-12)23-21-15-9-6-13(11-16(15)22-23)20-18(24)17-3-1-2-10-25-17/h4-9,11,17H,1-3,10H2,(H,20,24). The van der Waals surface area contributed by atoms with E-state index < -0.39 is 0 Å². The summed E-state index contributed by atoms with van der Waals surface area (Å²) in [7, 11) is 0. The van der Waals surface area contributed by atoms with E-state index in [2.05, 4.69) is 15.5 Å². The van der Waals surface area contributed by atoms with E-state index in [-0.39, 0.29) is 17.8 Å². The molecule has 4 rings (SSSR count). The number of nitrogens with zero attached hydrogens (tertiary/aromatic N) is 3. The van der Waals surface area contributed by atoms with E-state index in [1.165, 1.54) is 16.9 Å². The number of anilines is 1. The van der Waals surface area contributed by atoms with E-state index in [0.29, 0.717) is 29.0 Å². The molecule has 3 aromatic rings. The van der Waals surface area contributed by atoms with Crippen LogP contribution in [0.25, 0.3) is 16.7 Å². The van der Waals surface area contributed by atoms with E-state index in [1.54, 1.807) is 30.3 Å². The second kappa shape index (κ2) is 6.60.